The van der Waals surface area contributed by atoms with Crippen molar-refractivity contribution in [1.29, 1.82) is 0 Å². The van der Waals surface area contributed by atoms with E-state index in [2.05, 4.69) is 10.0 Å². The normalized spacial score (nSPS) is 13.9. The molecular formula is C15H13FN2O4S. The number of carbonyl (C=O) groups is 1. The summed E-state index contributed by atoms with van der Waals surface area (Å²) >= 11 is 0. The first kappa shape index (κ1) is 15.4. The number of nitrogens with one attached hydrogen (secondary N) is 2. The first-order valence-electron chi connectivity index (χ1n) is 6.75. The monoisotopic (exact) mass is 336 g/mol. The Hall–Kier alpha value is -2.45. The van der Waals surface area contributed by atoms with Crippen LogP contribution in [0.2, 0.25) is 0 Å². The van der Waals surface area contributed by atoms with Gasteiger partial charge in [0.05, 0.1) is 10.6 Å². The molecule has 0 saturated heterocycles. The van der Waals surface area contributed by atoms with E-state index in [4.69, 9.17) is 4.74 Å². The van der Waals surface area contributed by atoms with Gasteiger partial charge < -0.3 is 10.1 Å². The summed E-state index contributed by atoms with van der Waals surface area (Å²) in [6, 6.07) is 9.55. The maximum atomic E-state index is 12.9. The van der Waals surface area contributed by atoms with E-state index >= 15 is 0 Å². The number of ether oxygens (including phenoxy) is 1. The molecule has 3 rings (SSSR count). The number of rotatable bonds is 4. The van der Waals surface area contributed by atoms with E-state index in [1.54, 1.807) is 18.2 Å². The van der Waals surface area contributed by atoms with Crippen molar-refractivity contribution in [3.8, 4) is 5.75 Å². The van der Waals surface area contributed by atoms with E-state index in [0.717, 1.165) is 12.1 Å². The molecule has 6 nitrogen and oxygen atoms in total. The van der Waals surface area contributed by atoms with Gasteiger partial charge in [-0.1, -0.05) is 6.07 Å². The summed E-state index contributed by atoms with van der Waals surface area (Å²) in [6.45, 7) is -0.0257. The predicted octanol–water partition coefficient (Wildman–Crippen LogP) is 1.64. The van der Waals surface area contributed by atoms with Crippen LogP contribution in [0.4, 0.5) is 10.1 Å². The lowest BCUT2D eigenvalue weighted by Crippen LogP contribution is -2.26. The van der Waals surface area contributed by atoms with Crippen LogP contribution >= 0.6 is 0 Å². The molecule has 0 spiro atoms. The Morgan fingerprint density at radius 3 is 2.65 bits per heavy atom. The van der Waals surface area contributed by atoms with Gasteiger partial charge in [0.15, 0.2) is 6.61 Å². The molecule has 1 heterocycles. The van der Waals surface area contributed by atoms with Crippen LogP contribution < -0.4 is 14.8 Å². The fourth-order valence-electron chi connectivity index (χ4n) is 2.10. The van der Waals surface area contributed by atoms with Gasteiger partial charge in [0, 0.05) is 6.54 Å². The zero-order valence-corrected chi connectivity index (χ0v) is 12.7. The fraction of sp³-hybridized carbons (Fsp3) is 0.133. The van der Waals surface area contributed by atoms with Crippen LogP contribution in [0.5, 0.6) is 5.75 Å². The van der Waals surface area contributed by atoms with Crippen LogP contribution in [0.15, 0.2) is 47.4 Å². The highest BCUT2D eigenvalue weighted by molar-refractivity contribution is 7.89. The van der Waals surface area contributed by atoms with Crippen molar-refractivity contribution < 1.29 is 22.3 Å². The highest BCUT2D eigenvalue weighted by Gasteiger charge is 2.17. The van der Waals surface area contributed by atoms with Gasteiger partial charge in [0.2, 0.25) is 10.0 Å². The van der Waals surface area contributed by atoms with Crippen molar-refractivity contribution in [3.05, 3.63) is 53.8 Å². The van der Waals surface area contributed by atoms with Crippen LogP contribution in [-0.4, -0.2) is 20.9 Å². The number of amides is 1. The van der Waals surface area contributed by atoms with Gasteiger partial charge in [-0.15, -0.1) is 0 Å². The number of hydrogen-bond donors (Lipinski definition) is 2. The van der Waals surface area contributed by atoms with Crippen molar-refractivity contribution in [1.82, 2.24) is 4.72 Å². The van der Waals surface area contributed by atoms with Gasteiger partial charge in [0.25, 0.3) is 5.91 Å². The Bertz CT molecular complexity index is 850. The third-order valence-corrected chi connectivity index (χ3v) is 4.69. The minimum Gasteiger partial charge on any atom is -0.482 e. The van der Waals surface area contributed by atoms with Crippen molar-refractivity contribution in [3.63, 3.8) is 0 Å². The molecule has 0 atom stereocenters. The van der Waals surface area contributed by atoms with E-state index in [1.165, 1.54) is 12.1 Å². The molecule has 2 N–H and O–H groups in total. The average molecular weight is 336 g/mol. The van der Waals surface area contributed by atoms with E-state index in [0.29, 0.717) is 17.0 Å². The quantitative estimate of drug-likeness (QED) is 0.889. The summed E-state index contributed by atoms with van der Waals surface area (Å²) in [6.07, 6.45) is 0. The second kappa shape index (κ2) is 5.98. The van der Waals surface area contributed by atoms with E-state index in [1.807, 2.05) is 0 Å². The molecular weight excluding hydrogens is 323 g/mol. The zero-order valence-electron chi connectivity index (χ0n) is 11.9. The number of fused-ring (bicyclic) bond motifs is 1. The minimum absolute atomic E-state index is 0.0135. The first-order chi connectivity index (χ1) is 10.9. The molecule has 120 valence electrons. The smallest absolute Gasteiger partial charge is 0.262 e. The SMILES string of the molecule is O=C1COc2cc(CNS(=O)(=O)c3ccc(F)cc3)ccc2N1. The van der Waals surface area contributed by atoms with Gasteiger partial charge >= 0.3 is 0 Å². The topological polar surface area (TPSA) is 84.5 Å². The summed E-state index contributed by atoms with van der Waals surface area (Å²) in [5.41, 5.74) is 1.22. The van der Waals surface area contributed by atoms with E-state index in [9.17, 15) is 17.6 Å². The zero-order chi connectivity index (χ0) is 16.4. The third-order valence-electron chi connectivity index (χ3n) is 3.27. The Labute approximate surface area is 132 Å². The predicted molar refractivity (Wildman–Crippen MR) is 81.0 cm³/mol. The third kappa shape index (κ3) is 3.49. The lowest BCUT2D eigenvalue weighted by atomic mass is 10.2. The molecule has 1 aliphatic heterocycles. The molecule has 0 radical (unpaired) electrons. The summed E-state index contributed by atoms with van der Waals surface area (Å²) in [5, 5.41) is 2.65. The molecule has 0 fully saturated rings. The Morgan fingerprint density at radius 2 is 1.91 bits per heavy atom. The van der Waals surface area contributed by atoms with Gasteiger partial charge in [-0.05, 0) is 42.0 Å². The highest BCUT2D eigenvalue weighted by Crippen LogP contribution is 2.28. The molecule has 1 amide bonds. The van der Waals surface area contributed by atoms with Crippen LogP contribution in [0.3, 0.4) is 0 Å². The second-order valence-corrected chi connectivity index (χ2v) is 6.71. The average Bonchev–Trinajstić information content (AvgIpc) is 2.53. The highest BCUT2D eigenvalue weighted by atomic mass is 32.2. The number of benzene rings is 2. The van der Waals surface area contributed by atoms with Gasteiger partial charge in [0.1, 0.15) is 11.6 Å². The molecule has 0 saturated carbocycles. The van der Waals surface area contributed by atoms with Crippen LogP contribution in [-0.2, 0) is 21.4 Å². The van der Waals surface area contributed by atoms with Crippen molar-refractivity contribution >= 4 is 21.6 Å². The number of hydrogen-bond acceptors (Lipinski definition) is 4. The van der Waals surface area contributed by atoms with Gasteiger partial charge in [-0.2, -0.15) is 0 Å². The molecule has 0 aromatic heterocycles. The van der Waals surface area contributed by atoms with Crippen molar-refractivity contribution in [2.75, 3.05) is 11.9 Å². The number of carbonyl (C=O) groups excluding carboxylic acids is 1. The summed E-state index contributed by atoms with van der Waals surface area (Å²) in [7, 11) is -3.73. The lowest BCUT2D eigenvalue weighted by molar-refractivity contribution is -0.118. The molecule has 2 aromatic carbocycles. The molecule has 0 unspecified atom stereocenters. The molecule has 0 bridgehead atoms. The Kier molecular flexibility index (Phi) is 4.01. The Morgan fingerprint density at radius 1 is 1.17 bits per heavy atom. The maximum absolute atomic E-state index is 12.9. The summed E-state index contributed by atoms with van der Waals surface area (Å²) in [4.78, 5) is 11.2. The minimum atomic E-state index is -3.73. The van der Waals surface area contributed by atoms with E-state index in [-0.39, 0.29) is 24.0 Å². The van der Waals surface area contributed by atoms with Crippen LogP contribution in [0.25, 0.3) is 0 Å². The van der Waals surface area contributed by atoms with Gasteiger partial charge in [-0.3, -0.25) is 4.79 Å². The molecule has 1 aliphatic rings. The summed E-state index contributed by atoms with van der Waals surface area (Å²) < 4.78 is 44.8. The largest absolute Gasteiger partial charge is 0.482 e. The fourth-order valence-corrected chi connectivity index (χ4v) is 3.12. The lowest BCUT2D eigenvalue weighted by Gasteiger charge is -2.18. The standard InChI is InChI=1S/C15H13FN2O4S/c16-11-2-4-12(5-3-11)23(20,21)17-8-10-1-6-13-14(7-10)22-9-15(19)18-13/h1-7,17H,8-9H2,(H,18,19). The molecule has 0 aliphatic carbocycles. The first-order valence-corrected chi connectivity index (χ1v) is 8.23. The van der Waals surface area contributed by atoms with Crippen molar-refractivity contribution in [2.24, 2.45) is 0 Å². The molecule has 23 heavy (non-hydrogen) atoms. The molecule has 8 heteroatoms. The number of sulfonamides is 1. The number of anilines is 1. The Balaban J connectivity index is 1.73. The number of halogens is 1. The van der Waals surface area contributed by atoms with Crippen LogP contribution in [0.1, 0.15) is 5.56 Å². The molecule has 2 aromatic rings. The summed E-state index contributed by atoms with van der Waals surface area (Å²) in [5.74, 6) is -0.247. The van der Waals surface area contributed by atoms with Gasteiger partial charge in [-0.25, -0.2) is 17.5 Å². The maximum Gasteiger partial charge on any atom is 0.262 e. The van der Waals surface area contributed by atoms with Crippen LogP contribution in [0, 0.1) is 5.82 Å². The van der Waals surface area contributed by atoms with Crippen molar-refractivity contribution in [2.45, 2.75) is 11.4 Å². The second-order valence-electron chi connectivity index (χ2n) is 4.95. The van der Waals surface area contributed by atoms with E-state index < -0.39 is 15.8 Å².